The van der Waals surface area contributed by atoms with Gasteiger partial charge < -0.3 is 0 Å². The molecule has 0 fully saturated rings. The first-order valence-corrected chi connectivity index (χ1v) is 5.24. The molecule has 0 unspecified atom stereocenters. The number of benzene rings is 1. The molecule has 1 aromatic carbocycles. The Morgan fingerprint density at radius 2 is 1.47 bits per heavy atom. The Kier molecular flexibility index (Phi) is 5.11. The van der Waals surface area contributed by atoms with Gasteiger partial charge in [-0.2, -0.15) is 29.8 Å². The van der Waals surface area contributed by atoms with E-state index < -0.39 is 0 Å². The van der Waals surface area contributed by atoms with Crippen LogP contribution in [0.3, 0.4) is 0 Å². The molecule has 0 atom stereocenters. The third kappa shape index (κ3) is 3.94. The van der Waals surface area contributed by atoms with Gasteiger partial charge in [-0.3, -0.25) is 0 Å². The third-order valence-electron chi connectivity index (χ3n) is 2.41. The second-order valence-corrected chi connectivity index (χ2v) is 5.96. The van der Waals surface area contributed by atoms with Crippen molar-refractivity contribution in [2.24, 2.45) is 0 Å². The average molecular weight is 212 g/mol. The van der Waals surface area contributed by atoms with Crippen molar-refractivity contribution >= 4 is 0 Å². The monoisotopic (exact) mass is 212 g/mol. The summed E-state index contributed by atoms with van der Waals surface area (Å²) in [5.74, 6) is 0. The summed E-state index contributed by atoms with van der Waals surface area (Å²) >= 11 is 0. The summed E-state index contributed by atoms with van der Waals surface area (Å²) in [7, 11) is 0. The predicted octanol–water partition coefficient (Wildman–Crippen LogP) is 1.09. The fourth-order valence-electron chi connectivity index (χ4n) is 1.68. The molecule has 0 bridgehead atoms. The van der Waals surface area contributed by atoms with Gasteiger partial charge in [-0.25, -0.2) is 0 Å². The van der Waals surface area contributed by atoms with E-state index in [0.29, 0.717) is 0 Å². The van der Waals surface area contributed by atoms with Crippen molar-refractivity contribution in [2.75, 3.05) is 0 Å². The van der Waals surface area contributed by atoms with Gasteiger partial charge in [0.15, 0.2) is 0 Å². The van der Waals surface area contributed by atoms with Crippen LogP contribution in [0.1, 0.15) is 52.7 Å². The molecule has 1 rings (SSSR count). The van der Waals surface area contributed by atoms with Gasteiger partial charge >= 0.3 is 29.6 Å². The van der Waals surface area contributed by atoms with Gasteiger partial charge in [0.25, 0.3) is 0 Å². The SMILES string of the molecule is CC(C)(C)c1[c-]cccc1C(C)(C)C.[Na+]. The molecule has 0 heterocycles. The van der Waals surface area contributed by atoms with Gasteiger partial charge in [0.1, 0.15) is 0 Å². The molecular weight excluding hydrogens is 191 g/mol. The average Bonchev–Trinajstić information content (AvgIpc) is 2.01. The van der Waals surface area contributed by atoms with E-state index in [2.05, 4.69) is 59.7 Å². The van der Waals surface area contributed by atoms with Crippen molar-refractivity contribution < 1.29 is 29.6 Å². The zero-order chi connectivity index (χ0) is 11.0. The van der Waals surface area contributed by atoms with Crippen LogP contribution in [0.25, 0.3) is 0 Å². The number of hydrogen-bond acceptors (Lipinski definition) is 0. The van der Waals surface area contributed by atoms with Crippen LogP contribution in [0.15, 0.2) is 18.2 Å². The molecule has 0 N–H and O–H groups in total. The molecular formula is C14H21Na. The Morgan fingerprint density at radius 3 is 1.80 bits per heavy atom. The van der Waals surface area contributed by atoms with Crippen molar-refractivity contribution in [3.05, 3.63) is 35.4 Å². The van der Waals surface area contributed by atoms with Gasteiger partial charge in [-0.1, -0.05) is 47.0 Å². The van der Waals surface area contributed by atoms with Crippen LogP contribution in [-0.4, -0.2) is 0 Å². The molecule has 0 nitrogen and oxygen atoms in total. The predicted molar refractivity (Wildman–Crippen MR) is 62.7 cm³/mol. The van der Waals surface area contributed by atoms with E-state index in [4.69, 9.17) is 0 Å². The second-order valence-electron chi connectivity index (χ2n) is 5.96. The van der Waals surface area contributed by atoms with E-state index in [0.717, 1.165) is 0 Å². The van der Waals surface area contributed by atoms with E-state index in [1.54, 1.807) is 0 Å². The summed E-state index contributed by atoms with van der Waals surface area (Å²) in [5.41, 5.74) is 3.14. The Balaban J connectivity index is 0.00000196. The Labute approximate surface area is 117 Å². The molecule has 0 aliphatic rings. The van der Waals surface area contributed by atoms with Gasteiger partial charge in [-0.05, 0) is 5.41 Å². The minimum atomic E-state index is 0. The summed E-state index contributed by atoms with van der Waals surface area (Å²) in [6, 6.07) is 9.69. The van der Waals surface area contributed by atoms with Gasteiger partial charge in [-0.15, -0.1) is 5.56 Å². The van der Waals surface area contributed by atoms with E-state index in [1.165, 1.54) is 11.1 Å². The summed E-state index contributed by atoms with van der Waals surface area (Å²) < 4.78 is 0. The molecule has 0 aliphatic heterocycles. The van der Waals surface area contributed by atoms with Crippen molar-refractivity contribution in [3.8, 4) is 0 Å². The van der Waals surface area contributed by atoms with Crippen LogP contribution in [-0.2, 0) is 10.8 Å². The molecule has 0 saturated heterocycles. The van der Waals surface area contributed by atoms with Gasteiger partial charge in [0, 0.05) is 0 Å². The Bertz CT molecular complexity index is 280. The Morgan fingerprint density at radius 1 is 0.933 bits per heavy atom. The normalized spacial score (nSPS) is 12.1. The van der Waals surface area contributed by atoms with Gasteiger partial charge in [0.2, 0.25) is 0 Å². The molecule has 1 heteroatoms. The van der Waals surface area contributed by atoms with E-state index in [9.17, 15) is 0 Å². The minimum Gasteiger partial charge on any atom is -0.180 e. The van der Waals surface area contributed by atoms with Crippen LogP contribution in [0.2, 0.25) is 0 Å². The first kappa shape index (κ1) is 15.2. The minimum absolute atomic E-state index is 0. The standard InChI is InChI=1S/C14H21.Na/c1-13(2,3)11-9-7-8-10-12(11)14(4,5)6;/h7-9H,1-6H3;/q-1;+1. The van der Waals surface area contributed by atoms with Gasteiger partial charge in [0.05, 0.1) is 0 Å². The van der Waals surface area contributed by atoms with Crippen LogP contribution in [0.4, 0.5) is 0 Å². The summed E-state index contributed by atoms with van der Waals surface area (Å²) in [6.45, 7) is 13.5. The summed E-state index contributed by atoms with van der Waals surface area (Å²) in [4.78, 5) is 0. The molecule has 0 aliphatic carbocycles. The molecule has 0 spiro atoms. The molecule has 0 aromatic heterocycles. The number of rotatable bonds is 0. The topological polar surface area (TPSA) is 0 Å². The molecule has 15 heavy (non-hydrogen) atoms. The fourth-order valence-corrected chi connectivity index (χ4v) is 1.68. The fraction of sp³-hybridized carbons (Fsp3) is 0.571. The zero-order valence-electron chi connectivity index (χ0n) is 11.2. The third-order valence-corrected chi connectivity index (χ3v) is 2.41. The molecule has 0 amide bonds. The maximum absolute atomic E-state index is 3.38. The first-order valence-electron chi connectivity index (χ1n) is 5.24. The molecule has 78 valence electrons. The van der Waals surface area contributed by atoms with Crippen molar-refractivity contribution in [1.29, 1.82) is 0 Å². The van der Waals surface area contributed by atoms with E-state index in [-0.39, 0.29) is 40.4 Å². The van der Waals surface area contributed by atoms with Crippen LogP contribution in [0, 0.1) is 6.07 Å². The molecule has 0 saturated carbocycles. The first-order chi connectivity index (χ1) is 6.23. The van der Waals surface area contributed by atoms with Crippen LogP contribution in [0.5, 0.6) is 0 Å². The van der Waals surface area contributed by atoms with Crippen LogP contribution < -0.4 is 29.6 Å². The second kappa shape index (κ2) is 5.03. The molecule has 0 radical (unpaired) electrons. The zero-order valence-corrected chi connectivity index (χ0v) is 13.2. The smallest absolute Gasteiger partial charge is 0.180 e. The Hall–Kier alpha value is 0.220. The van der Waals surface area contributed by atoms with Crippen molar-refractivity contribution in [2.45, 2.75) is 52.4 Å². The largest absolute Gasteiger partial charge is 1.00 e. The van der Waals surface area contributed by atoms with E-state index in [1.807, 2.05) is 6.07 Å². The van der Waals surface area contributed by atoms with Crippen LogP contribution >= 0.6 is 0 Å². The summed E-state index contributed by atoms with van der Waals surface area (Å²) in [5, 5.41) is 0. The summed E-state index contributed by atoms with van der Waals surface area (Å²) in [6.07, 6.45) is 0. The maximum Gasteiger partial charge on any atom is 1.00 e. The number of hydrogen-bond donors (Lipinski definition) is 0. The van der Waals surface area contributed by atoms with E-state index >= 15 is 0 Å². The van der Waals surface area contributed by atoms with Crippen molar-refractivity contribution in [3.63, 3.8) is 0 Å². The van der Waals surface area contributed by atoms with Crippen molar-refractivity contribution in [1.82, 2.24) is 0 Å². The quantitative estimate of drug-likeness (QED) is 0.446. The molecule has 1 aromatic rings. The maximum atomic E-state index is 3.38.